The van der Waals surface area contributed by atoms with Crippen LogP contribution in [0.5, 0.6) is 5.75 Å². The molecule has 19 heavy (non-hydrogen) atoms. The van der Waals surface area contributed by atoms with E-state index in [1.54, 1.807) is 0 Å². The number of nitrogens with one attached hydrogen (secondary N) is 1. The van der Waals surface area contributed by atoms with Crippen LogP contribution in [0.2, 0.25) is 0 Å². The van der Waals surface area contributed by atoms with Gasteiger partial charge in [0.15, 0.2) is 0 Å². The fourth-order valence-corrected chi connectivity index (χ4v) is 1.88. The van der Waals surface area contributed by atoms with Crippen LogP contribution in [0.3, 0.4) is 0 Å². The summed E-state index contributed by atoms with van der Waals surface area (Å²) in [5, 5.41) is 0. The largest absolute Gasteiger partial charge is 0.587 e. The van der Waals surface area contributed by atoms with Crippen LogP contribution in [-0.4, -0.2) is 24.0 Å². The fraction of sp³-hybridized carbons (Fsp3) is 0.300. The quantitative estimate of drug-likeness (QED) is 0.604. The highest BCUT2D eigenvalue weighted by atomic mass is 31.2. The van der Waals surface area contributed by atoms with E-state index in [1.807, 2.05) is 0 Å². The highest BCUT2D eigenvalue weighted by molar-refractivity contribution is 7.48. The summed E-state index contributed by atoms with van der Waals surface area (Å²) in [7, 11) is -3.36. The SMILES string of the molecule is CON[C@@H](C)C(=O)OP(=O)(O)Oc1ccc(F)cc1. The average molecular weight is 293 g/mol. The van der Waals surface area contributed by atoms with Crippen LogP contribution in [0, 0.1) is 5.82 Å². The Kier molecular flexibility index (Phi) is 5.44. The molecule has 0 aliphatic carbocycles. The minimum absolute atomic E-state index is 0.104. The van der Waals surface area contributed by atoms with E-state index in [0.717, 1.165) is 24.3 Å². The second-order valence-electron chi connectivity index (χ2n) is 3.47. The van der Waals surface area contributed by atoms with Crippen LogP contribution in [0.25, 0.3) is 0 Å². The molecule has 9 heteroatoms. The number of carbonyl (C=O) groups excluding carboxylic acids is 1. The Hall–Kier alpha value is -1.47. The van der Waals surface area contributed by atoms with Crippen LogP contribution >= 0.6 is 7.82 Å². The Morgan fingerprint density at radius 2 is 2.00 bits per heavy atom. The minimum atomic E-state index is -4.63. The van der Waals surface area contributed by atoms with Gasteiger partial charge >= 0.3 is 13.8 Å². The number of rotatable bonds is 6. The molecule has 0 saturated carbocycles. The molecule has 1 rings (SSSR count). The topological polar surface area (TPSA) is 94.1 Å². The summed E-state index contributed by atoms with van der Waals surface area (Å²) in [5.74, 6) is -1.67. The summed E-state index contributed by atoms with van der Waals surface area (Å²) >= 11 is 0. The third-order valence-electron chi connectivity index (χ3n) is 1.89. The zero-order valence-electron chi connectivity index (χ0n) is 10.2. The fourth-order valence-electron chi connectivity index (χ4n) is 1.06. The predicted octanol–water partition coefficient (Wildman–Crippen LogP) is 1.39. The normalized spacial score (nSPS) is 15.4. The summed E-state index contributed by atoms with van der Waals surface area (Å²) in [6, 6.07) is 3.37. The van der Waals surface area contributed by atoms with Gasteiger partial charge in [-0.3, -0.25) is 4.89 Å². The molecule has 1 aromatic carbocycles. The Bertz CT molecular complexity index is 479. The lowest BCUT2D eigenvalue weighted by Crippen LogP contribution is -2.34. The van der Waals surface area contributed by atoms with Crippen molar-refractivity contribution in [3.8, 4) is 5.75 Å². The molecule has 0 heterocycles. The molecule has 0 radical (unpaired) electrons. The van der Waals surface area contributed by atoms with Crippen molar-refractivity contribution in [2.45, 2.75) is 13.0 Å². The van der Waals surface area contributed by atoms with Gasteiger partial charge in [-0.15, -0.1) is 0 Å². The smallest absolute Gasteiger partial charge is 0.395 e. The molecular weight excluding hydrogens is 280 g/mol. The van der Waals surface area contributed by atoms with Gasteiger partial charge in [0, 0.05) is 0 Å². The van der Waals surface area contributed by atoms with Crippen molar-refractivity contribution in [2.75, 3.05) is 7.11 Å². The number of hydrogen-bond donors (Lipinski definition) is 2. The lowest BCUT2D eigenvalue weighted by molar-refractivity contribution is -0.140. The second kappa shape index (κ2) is 6.63. The van der Waals surface area contributed by atoms with Gasteiger partial charge in [-0.1, -0.05) is 0 Å². The standard InChI is InChI=1S/C10H13FNO6P/c1-7(12-16-2)10(13)18-19(14,15)17-9-5-3-8(11)4-6-9/h3-7,12H,1-2H3,(H,14,15)/t7-/m0/s1. The lowest BCUT2D eigenvalue weighted by atomic mass is 10.3. The van der Waals surface area contributed by atoms with E-state index in [2.05, 4.69) is 19.4 Å². The molecule has 1 unspecified atom stereocenters. The van der Waals surface area contributed by atoms with Crippen molar-refractivity contribution >= 4 is 13.8 Å². The van der Waals surface area contributed by atoms with Crippen LogP contribution in [0.15, 0.2) is 24.3 Å². The van der Waals surface area contributed by atoms with E-state index in [-0.39, 0.29) is 5.75 Å². The Morgan fingerprint density at radius 1 is 1.42 bits per heavy atom. The van der Waals surface area contributed by atoms with Crippen LogP contribution in [-0.2, 0) is 18.7 Å². The van der Waals surface area contributed by atoms with Crippen molar-refractivity contribution in [3.63, 3.8) is 0 Å². The van der Waals surface area contributed by atoms with E-state index in [4.69, 9.17) is 0 Å². The molecule has 0 aliphatic heterocycles. The first-order chi connectivity index (χ1) is 8.84. The number of hydroxylamine groups is 1. The first-order valence-corrected chi connectivity index (χ1v) is 6.63. The van der Waals surface area contributed by atoms with Crippen molar-refractivity contribution in [1.82, 2.24) is 5.48 Å². The molecule has 0 fully saturated rings. The van der Waals surface area contributed by atoms with Gasteiger partial charge in [0.25, 0.3) is 0 Å². The van der Waals surface area contributed by atoms with Gasteiger partial charge < -0.3 is 13.9 Å². The summed E-state index contributed by atoms with van der Waals surface area (Å²) in [4.78, 5) is 25.2. The second-order valence-corrected chi connectivity index (χ2v) is 4.77. The summed E-state index contributed by atoms with van der Waals surface area (Å²) in [6.07, 6.45) is 0. The van der Waals surface area contributed by atoms with Crippen molar-refractivity contribution in [3.05, 3.63) is 30.1 Å². The maximum atomic E-state index is 12.6. The minimum Gasteiger partial charge on any atom is -0.395 e. The Balaban J connectivity index is 2.63. The molecule has 0 aromatic heterocycles. The lowest BCUT2D eigenvalue weighted by Gasteiger charge is -2.15. The molecule has 7 nitrogen and oxygen atoms in total. The van der Waals surface area contributed by atoms with Crippen molar-refractivity contribution in [1.29, 1.82) is 0 Å². The summed E-state index contributed by atoms with van der Waals surface area (Å²) in [6.45, 7) is 1.36. The number of hydrogen-bond acceptors (Lipinski definition) is 6. The highest BCUT2D eigenvalue weighted by Gasteiger charge is 2.30. The first-order valence-electron chi connectivity index (χ1n) is 5.14. The van der Waals surface area contributed by atoms with Gasteiger partial charge in [-0.05, 0) is 31.2 Å². The van der Waals surface area contributed by atoms with Gasteiger partial charge in [-0.2, -0.15) is 5.48 Å². The molecular formula is C10H13FNO6P. The number of benzene rings is 1. The van der Waals surface area contributed by atoms with Crippen molar-refractivity contribution in [2.24, 2.45) is 0 Å². The van der Waals surface area contributed by atoms with E-state index in [9.17, 15) is 18.6 Å². The Morgan fingerprint density at radius 3 is 2.53 bits per heavy atom. The van der Waals surface area contributed by atoms with Gasteiger partial charge in [0.1, 0.15) is 17.6 Å². The molecule has 2 N–H and O–H groups in total. The van der Waals surface area contributed by atoms with E-state index >= 15 is 0 Å². The zero-order valence-corrected chi connectivity index (χ0v) is 11.1. The molecule has 0 amide bonds. The average Bonchev–Trinajstić information content (AvgIpc) is 2.31. The molecule has 0 bridgehead atoms. The van der Waals surface area contributed by atoms with Gasteiger partial charge in [0.05, 0.1) is 7.11 Å². The van der Waals surface area contributed by atoms with Crippen LogP contribution in [0.1, 0.15) is 6.92 Å². The molecule has 0 aliphatic rings. The molecule has 1 aromatic rings. The maximum Gasteiger partial charge on any atom is 0.587 e. The third kappa shape index (κ3) is 5.35. The monoisotopic (exact) mass is 293 g/mol. The number of phosphoric acid groups is 1. The maximum absolute atomic E-state index is 12.6. The van der Waals surface area contributed by atoms with Crippen LogP contribution < -0.4 is 10.0 Å². The van der Waals surface area contributed by atoms with E-state index < -0.39 is 25.7 Å². The van der Waals surface area contributed by atoms with E-state index in [1.165, 1.54) is 14.0 Å². The predicted molar refractivity (Wildman–Crippen MR) is 62.6 cm³/mol. The summed E-state index contributed by atoms with van der Waals surface area (Å²) in [5.41, 5.74) is 2.23. The Labute approximate surface area is 108 Å². The number of phosphoric ester groups is 1. The molecule has 0 spiro atoms. The summed E-state index contributed by atoms with van der Waals surface area (Å²) < 4.78 is 33.0. The van der Waals surface area contributed by atoms with Crippen LogP contribution in [0.4, 0.5) is 4.39 Å². The molecule has 2 atom stereocenters. The van der Waals surface area contributed by atoms with Crippen molar-refractivity contribution < 1.29 is 32.5 Å². The molecule has 106 valence electrons. The highest BCUT2D eigenvalue weighted by Crippen LogP contribution is 2.44. The molecule has 0 saturated heterocycles. The number of halogens is 1. The van der Waals surface area contributed by atoms with Gasteiger partial charge in [-0.25, -0.2) is 13.8 Å². The van der Waals surface area contributed by atoms with Gasteiger partial charge in [0.2, 0.25) is 0 Å². The number of carbonyl (C=O) groups is 1. The third-order valence-corrected chi connectivity index (χ3v) is 2.74. The van der Waals surface area contributed by atoms with E-state index in [0.29, 0.717) is 0 Å². The zero-order chi connectivity index (χ0) is 14.5. The first kappa shape index (κ1) is 15.6.